The first-order valence-electron chi connectivity index (χ1n) is 5.81. The summed E-state index contributed by atoms with van der Waals surface area (Å²) in [5, 5.41) is 9.57. The largest absolute Gasteiger partial charge is 0.475 e. The number of hydrogen-bond donors (Lipinski definition) is 1. The lowest BCUT2D eigenvalue weighted by atomic mass is 10.1. The fourth-order valence-corrected chi connectivity index (χ4v) is 2.09. The van der Waals surface area contributed by atoms with Gasteiger partial charge >= 0.3 is 12.1 Å². The Kier molecular flexibility index (Phi) is 2.63. The lowest BCUT2D eigenvalue weighted by Gasteiger charge is -2.12. The molecule has 6 nitrogen and oxygen atoms in total. The average Bonchev–Trinajstić information content (AvgIpc) is 2.96. The molecule has 0 aliphatic carbocycles. The predicted molar refractivity (Wildman–Crippen MR) is 64.9 cm³/mol. The summed E-state index contributed by atoms with van der Waals surface area (Å²) in [6.07, 6.45) is -0.321. The molecule has 1 aliphatic heterocycles. The normalized spacial score (nSPS) is 14.9. The number of aromatic carboxylic acids is 1. The maximum absolute atomic E-state index is 11.3. The summed E-state index contributed by atoms with van der Waals surface area (Å²) in [5.41, 5.74) is 1.43. The maximum Gasteiger partial charge on any atom is 0.410 e. The van der Waals surface area contributed by atoms with E-state index in [2.05, 4.69) is 0 Å². The molecule has 1 aromatic heterocycles. The van der Waals surface area contributed by atoms with E-state index in [0.717, 1.165) is 5.56 Å². The number of ether oxygens (including phenoxy) is 1. The number of nitrogens with zero attached hydrogens (tertiary/aromatic N) is 1. The van der Waals surface area contributed by atoms with Crippen LogP contribution in [0.5, 0.6) is 0 Å². The summed E-state index contributed by atoms with van der Waals surface area (Å²) in [6, 6.07) is 6.81. The second-order valence-electron chi connectivity index (χ2n) is 4.32. The molecule has 1 saturated heterocycles. The van der Waals surface area contributed by atoms with Gasteiger partial charge < -0.3 is 19.2 Å². The van der Waals surface area contributed by atoms with E-state index in [1.54, 1.807) is 11.0 Å². The zero-order chi connectivity index (χ0) is 13.4. The molecule has 2 aromatic rings. The summed E-state index contributed by atoms with van der Waals surface area (Å²) >= 11 is 0. The van der Waals surface area contributed by atoms with Gasteiger partial charge in [-0.1, -0.05) is 6.07 Å². The topological polar surface area (TPSA) is 80.0 Å². The van der Waals surface area contributed by atoms with E-state index in [0.29, 0.717) is 30.7 Å². The molecule has 19 heavy (non-hydrogen) atoms. The standard InChI is InChI=1S/C13H11NO5/c15-12(16)11-6-9-5-8(1-2-10(9)19-11)7-14-3-4-18-13(14)17/h1-2,5-6H,3-4,7H2,(H,15,16). The Morgan fingerprint density at radius 1 is 1.37 bits per heavy atom. The van der Waals surface area contributed by atoms with Crippen LogP contribution in [0.25, 0.3) is 11.0 Å². The smallest absolute Gasteiger partial charge is 0.410 e. The first kappa shape index (κ1) is 11.6. The lowest BCUT2D eigenvalue weighted by Crippen LogP contribution is -2.23. The van der Waals surface area contributed by atoms with E-state index in [9.17, 15) is 9.59 Å². The zero-order valence-electron chi connectivity index (χ0n) is 9.96. The van der Waals surface area contributed by atoms with Gasteiger partial charge in [-0.05, 0) is 23.8 Å². The number of carboxylic acids is 1. The van der Waals surface area contributed by atoms with E-state index >= 15 is 0 Å². The van der Waals surface area contributed by atoms with Gasteiger partial charge in [-0.3, -0.25) is 0 Å². The first-order chi connectivity index (χ1) is 9.13. The number of hydrogen-bond acceptors (Lipinski definition) is 4. The lowest BCUT2D eigenvalue weighted by molar-refractivity contribution is 0.0665. The number of cyclic esters (lactones) is 1. The molecule has 1 aliphatic rings. The van der Waals surface area contributed by atoms with Crippen LogP contribution in [0, 0.1) is 0 Å². The minimum absolute atomic E-state index is 0.0901. The molecule has 0 saturated carbocycles. The van der Waals surface area contributed by atoms with Gasteiger partial charge in [0.15, 0.2) is 0 Å². The van der Waals surface area contributed by atoms with E-state index in [1.165, 1.54) is 6.07 Å². The highest BCUT2D eigenvalue weighted by Gasteiger charge is 2.22. The molecule has 2 heterocycles. The van der Waals surface area contributed by atoms with Crippen molar-refractivity contribution in [3.05, 3.63) is 35.6 Å². The number of fused-ring (bicyclic) bond motifs is 1. The van der Waals surface area contributed by atoms with Crippen LogP contribution < -0.4 is 0 Å². The molecule has 0 unspecified atom stereocenters. The summed E-state index contributed by atoms with van der Waals surface area (Å²) in [4.78, 5) is 23.8. The van der Waals surface area contributed by atoms with E-state index in [4.69, 9.17) is 14.3 Å². The Hall–Kier alpha value is -2.50. The monoisotopic (exact) mass is 261 g/mol. The number of rotatable bonds is 3. The van der Waals surface area contributed by atoms with Crippen molar-refractivity contribution in [3.63, 3.8) is 0 Å². The second kappa shape index (κ2) is 4.31. The van der Waals surface area contributed by atoms with Crippen LogP contribution >= 0.6 is 0 Å². The van der Waals surface area contributed by atoms with Gasteiger partial charge in [-0.25, -0.2) is 9.59 Å². The number of amides is 1. The Morgan fingerprint density at radius 2 is 2.21 bits per heavy atom. The highest BCUT2D eigenvalue weighted by atomic mass is 16.6. The minimum atomic E-state index is -1.10. The third kappa shape index (κ3) is 2.12. The number of benzene rings is 1. The van der Waals surface area contributed by atoms with Crippen LogP contribution in [0.4, 0.5) is 4.79 Å². The van der Waals surface area contributed by atoms with Crippen LogP contribution in [0.2, 0.25) is 0 Å². The number of carboxylic acid groups (broad SMARTS) is 1. The van der Waals surface area contributed by atoms with Crippen molar-refractivity contribution >= 4 is 23.0 Å². The van der Waals surface area contributed by atoms with E-state index in [-0.39, 0.29) is 11.9 Å². The molecule has 0 atom stereocenters. The van der Waals surface area contributed by atoms with Crippen molar-refractivity contribution in [3.8, 4) is 0 Å². The van der Waals surface area contributed by atoms with Crippen molar-refractivity contribution in [2.24, 2.45) is 0 Å². The molecular weight excluding hydrogens is 250 g/mol. The highest BCUT2D eigenvalue weighted by molar-refractivity contribution is 5.91. The number of furan rings is 1. The second-order valence-corrected chi connectivity index (χ2v) is 4.32. The molecule has 3 rings (SSSR count). The Labute approximate surface area is 108 Å². The van der Waals surface area contributed by atoms with Crippen molar-refractivity contribution in [2.45, 2.75) is 6.54 Å². The maximum atomic E-state index is 11.3. The molecule has 1 N–H and O–H groups in total. The molecule has 0 bridgehead atoms. The molecule has 1 aromatic carbocycles. The van der Waals surface area contributed by atoms with Gasteiger partial charge in [0, 0.05) is 11.9 Å². The summed E-state index contributed by atoms with van der Waals surface area (Å²) < 4.78 is 10.0. The molecule has 6 heteroatoms. The van der Waals surface area contributed by atoms with Crippen molar-refractivity contribution < 1.29 is 23.8 Å². The SMILES string of the molecule is O=C(O)c1cc2cc(CN3CCOC3=O)ccc2o1. The van der Waals surface area contributed by atoms with Gasteiger partial charge in [0.25, 0.3) is 0 Å². The molecule has 1 amide bonds. The summed E-state index contributed by atoms with van der Waals surface area (Å²) in [7, 11) is 0. The average molecular weight is 261 g/mol. The molecular formula is C13H11NO5. The molecule has 0 radical (unpaired) electrons. The van der Waals surface area contributed by atoms with Gasteiger partial charge in [0.1, 0.15) is 12.2 Å². The third-order valence-corrected chi connectivity index (χ3v) is 3.01. The van der Waals surface area contributed by atoms with Crippen LogP contribution in [0.3, 0.4) is 0 Å². The van der Waals surface area contributed by atoms with Crippen molar-refractivity contribution in [1.82, 2.24) is 4.90 Å². The fraction of sp³-hybridized carbons (Fsp3) is 0.231. The summed E-state index contributed by atoms with van der Waals surface area (Å²) in [5.74, 6) is -1.19. The molecule has 1 fully saturated rings. The van der Waals surface area contributed by atoms with Crippen LogP contribution in [0.1, 0.15) is 16.1 Å². The third-order valence-electron chi connectivity index (χ3n) is 3.01. The van der Waals surface area contributed by atoms with Gasteiger partial charge in [-0.2, -0.15) is 0 Å². The van der Waals surface area contributed by atoms with Gasteiger partial charge in [0.05, 0.1) is 6.54 Å². The number of carbonyl (C=O) groups excluding carboxylic acids is 1. The van der Waals surface area contributed by atoms with Crippen molar-refractivity contribution in [2.75, 3.05) is 13.2 Å². The summed E-state index contributed by atoms with van der Waals surface area (Å²) in [6.45, 7) is 1.43. The van der Waals surface area contributed by atoms with E-state index in [1.807, 2.05) is 12.1 Å². The minimum Gasteiger partial charge on any atom is -0.475 e. The van der Waals surface area contributed by atoms with Crippen molar-refractivity contribution in [1.29, 1.82) is 0 Å². The molecule has 0 spiro atoms. The predicted octanol–water partition coefficient (Wildman–Crippen LogP) is 2.08. The fourth-order valence-electron chi connectivity index (χ4n) is 2.09. The zero-order valence-corrected chi connectivity index (χ0v) is 9.96. The molecule has 98 valence electrons. The van der Waals surface area contributed by atoms with Crippen LogP contribution in [0.15, 0.2) is 28.7 Å². The number of carbonyl (C=O) groups is 2. The van der Waals surface area contributed by atoms with Gasteiger partial charge in [0.2, 0.25) is 5.76 Å². The quantitative estimate of drug-likeness (QED) is 0.914. The Bertz CT molecular complexity index is 660. The van der Waals surface area contributed by atoms with Gasteiger partial charge in [-0.15, -0.1) is 0 Å². The van der Waals surface area contributed by atoms with Crippen LogP contribution in [-0.4, -0.2) is 35.2 Å². The Balaban J connectivity index is 1.88. The first-order valence-corrected chi connectivity index (χ1v) is 5.81. The van der Waals surface area contributed by atoms with Crippen LogP contribution in [-0.2, 0) is 11.3 Å². The highest BCUT2D eigenvalue weighted by Crippen LogP contribution is 2.22. The van der Waals surface area contributed by atoms with E-state index < -0.39 is 5.97 Å². The Morgan fingerprint density at radius 3 is 2.89 bits per heavy atom.